The average Bonchev–Trinajstić information content (AvgIpc) is 3.13. The zero-order valence-electron chi connectivity index (χ0n) is 15.1. The number of para-hydroxylation sites is 1. The summed E-state index contributed by atoms with van der Waals surface area (Å²) in [7, 11) is 0. The number of hydrogen-bond donors (Lipinski definition) is 0. The molecule has 1 aromatic carbocycles. The summed E-state index contributed by atoms with van der Waals surface area (Å²) in [6, 6.07) is 13.1. The van der Waals surface area contributed by atoms with Crippen LogP contribution in [0.1, 0.15) is 31.5 Å². The summed E-state index contributed by atoms with van der Waals surface area (Å²) in [5, 5.41) is 9.10. The van der Waals surface area contributed by atoms with Crippen molar-refractivity contribution in [1.82, 2.24) is 19.5 Å². The average molecular weight is 385 g/mol. The van der Waals surface area contributed by atoms with Gasteiger partial charge in [-0.3, -0.25) is 9.20 Å². The quantitative estimate of drug-likeness (QED) is 0.690. The van der Waals surface area contributed by atoms with Gasteiger partial charge >= 0.3 is 0 Å². The maximum absolute atomic E-state index is 12.7. The summed E-state index contributed by atoms with van der Waals surface area (Å²) in [5.41, 5.74) is 0.854. The first kappa shape index (κ1) is 17.8. The van der Waals surface area contributed by atoms with Crippen molar-refractivity contribution in [1.29, 1.82) is 0 Å². The Morgan fingerprint density at radius 3 is 2.67 bits per heavy atom. The molecule has 1 amide bonds. The third kappa shape index (κ3) is 3.62. The van der Waals surface area contributed by atoms with E-state index in [-0.39, 0.29) is 5.91 Å². The van der Waals surface area contributed by atoms with Gasteiger partial charge < -0.3 is 9.64 Å². The Labute approximate surface area is 162 Å². The third-order valence-corrected chi connectivity index (χ3v) is 5.31. The van der Waals surface area contributed by atoms with Gasteiger partial charge in [0, 0.05) is 25.2 Å². The highest BCUT2D eigenvalue weighted by atomic mass is 35.5. The van der Waals surface area contributed by atoms with Crippen LogP contribution in [0.25, 0.3) is 5.65 Å². The van der Waals surface area contributed by atoms with Crippen molar-refractivity contribution in [3.05, 3.63) is 59.5 Å². The van der Waals surface area contributed by atoms with E-state index < -0.39 is 6.10 Å². The maximum Gasteiger partial charge on any atom is 0.263 e. The topological polar surface area (TPSA) is 59.7 Å². The molecule has 1 fully saturated rings. The Bertz CT molecular complexity index is 950. The predicted octanol–water partition coefficient (Wildman–Crippen LogP) is 3.56. The molecule has 27 heavy (non-hydrogen) atoms. The number of benzene rings is 1. The van der Waals surface area contributed by atoms with Gasteiger partial charge in [-0.25, -0.2) is 0 Å². The van der Waals surface area contributed by atoms with Gasteiger partial charge in [-0.05, 0) is 44.0 Å². The summed E-state index contributed by atoms with van der Waals surface area (Å²) in [6.45, 7) is 3.13. The molecule has 0 N–H and O–H groups in total. The fourth-order valence-electron chi connectivity index (χ4n) is 3.53. The van der Waals surface area contributed by atoms with E-state index in [1.165, 1.54) is 0 Å². The molecular formula is C20H21ClN4O2. The number of hydrogen-bond acceptors (Lipinski definition) is 4. The molecule has 1 aliphatic rings. The second kappa shape index (κ2) is 7.56. The number of piperidine rings is 1. The largest absolute Gasteiger partial charge is 0.479 e. The molecule has 0 aliphatic carbocycles. The van der Waals surface area contributed by atoms with Crippen LogP contribution in [0.3, 0.4) is 0 Å². The number of halogens is 1. The smallest absolute Gasteiger partial charge is 0.263 e. The van der Waals surface area contributed by atoms with Crippen molar-refractivity contribution in [3.63, 3.8) is 0 Å². The molecule has 0 saturated carbocycles. The molecule has 4 rings (SSSR count). The van der Waals surface area contributed by atoms with E-state index in [1.807, 2.05) is 45.8 Å². The number of fused-ring (bicyclic) bond motifs is 1. The SMILES string of the molecule is CC(Oc1ccccc1Cl)C(=O)N1CCC(c2nnc3ccccn23)CC1. The van der Waals surface area contributed by atoms with Gasteiger partial charge in [0.05, 0.1) is 5.02 Å². The highest BCUT2D eigenvalue weighted by molar-refractivity contribution is 6.32. The van der Waals surface area contributed by atoms with E-state index in [9.17, 15) is 4.79 Å². The number of nitrogens with zero attached hydrogens (tertiary/aromatic N) is 4. The normalized spacial score (nSPS) is 16.4. The molecule has 1 atom stereocenters. The lowest BCUT2D eigenvalue weighted by molar-refractivity contribution is -0.139. The Hall–Kier alpha value is -2.60. The lowest BCUT2D eigenvalue weighted by Gasteiger charge is -2.33. The minimum atomic E-state index is -0.574. The fraction of sp³-hybridized carbons (Fsp3) is 0.350. The van der Waals surface area contributed by atoms with Crippen molar-refractivity contribution < 1.29 is 9.53 Å². The highest BCUT2D eigenvalue weighted by Gasteiger charge is 2.29. The molecule has 3 aromatic rings. The van der Waals surface area contributed by atoms with Gasteiger partial charge in [-0.2, -0.15) is 0 Å². The lowest BCUT2D eigenvalue weighted by atomic mass is 9.95. The zero-order chi connectivity index (χ0) is 18.8. The molecule has 1 saturated heterocycles. The molecule has 6 nitrogen and oxygen atoms in total. The van der Waals surface area contributed by atoms with Crippen molar-refractivity contribution in [2.24, 2.45) is 0 Å². The lowest BCUT2D eigenvalue weighted by Crippen LogP contribution is -2.44. The first-order chi connectivity index (χ1) is 13.1. The molecule has 1 aliphatic heterocycles. The number of pyridine rings is 1. The number of likely N-dealkylation sites (tertiary alicyclic amines) is 1. The number of carbonyl (C=O) groups excluding carboxylic acids is 1. The molecule has 7 heteroatoms. The number of amides is 1. The van der Waals surface area contributed by atoms with Crippen LogP contribution in [0.4, 0.5) is 0 Å². The molecular weight excluding hydrogens is 364 g/mol. The Kier molecular flexibility index (Phi) is 4.99. The predicted molar refractivity (Wildman–Crippen MR) is 103 cm³/mol. The van der Waals surface area contributed by atoms with Gasteiger partial charge in [-0.1, -0.05) is 29.8 Å². The van der Waals surface area contributed by atoms with E-state index >= 15 is 0 Å². The monoisotopic (exact) mass is 384 g/mol. The second-order valence-corrected chi connectivity index (χ2v) is 7.18. The van der Waals surface area contributed by atoms with Crippen LogP contribution < -0.4 is 4.74 Å². The molecule has 0 bridgehead atoms. The molecule has 3 heterocycles. The Morgan fingerprint density at radius 2 is 1.89 bits per heavy atom. The fourth-order valence-corrected chi connectivity index (χ4v) is 3.71. The van der Waals surface area contributed by atoms with Crippen molar-refractivity contribution in [2.45, 2.75) is 31.8 Å². The molecule has 140 valence electrons. The minimum absolute atomic E-state index is 0.0144. The van der Waals surface area contributed by atoms with E-state index in [2.05, 4.69) is 10.2 Å². The van der Waals surface area contributed by atoms with Crippen molar-refractivity contribution in [3.8, 4) is 5.75 Å². The van der Waals surface area contributed by atoms with Crippen LogP contribution in [0, 0.1) is 0 Å². The van der Waals surface area contributed by atoms with Crippen LogP contribution in [0.5, 0.6) is 5.75 Å². The summed E-state index contributed by atoms with van der Waals surface area (Å²) in [6.07, 6.45) is 3.14. The number of carbonyl (C=O) groups is 1. The van der Waals surface area contributed by atoms with Crippen LogP contribution in [-0.4, -0.2) is 44.6 Å². The summed E-state index contributed by atoms with van der Waals surface area (Å²) < 4.78 is 7.80. The van der Waals surface area contributed by atoms with Gasteiger partial charge in [0.25, 0.3) is 5.91 Å². The highest BCUT2D eigenvalue weighted by Crippen LogP contribution is 2.28. The van der Waals surface area contributed by atoms with E-state index in [1.54, 1.807) is 19.1 Å². The zero-order valence-corrected chi connectivity index (χ0v) is 15.8. The molecule has 2 aromatic heterocycles. The molecule has 0 spiro atoms. The number of rotatable bonds is 4. The number of aromatic nitrogens is 3. The summed E-state index contributed by atoms with van der Waals surface area (Å²) >= 11 is 6.12. The summed E-state index contributed by atoms with van der Waals surface area (Å²) in [4.78, 5) is 14.6. The maximum atomic E-state index is 12.7. The van der Waals surface area contributed by atoms with Crippen LogP contribution in [0.15, 0.2) is 48.7 Å². The first-order valence-corrected chi connectivity index (χ1v) is 9.51. The molecule has 1 unspecified atom stereocenters. The Morgan fingerprint density at radius 1 is 1.15 bits per heavy atom. The van der Waals surface area contributed by atoms with Gasteiger partial charge in [0.2, 0.25) is 0 Å². The van der Waals surface area contributed by atoms with E-state index in [4.69, 9.17) is 16.3 Å². The van der Waals surface area contributed by atoms with E-state index in [0.717, 1.165) is 24.3 Å². The Balaban J connectivity index is 1.38. The van der Waals surface area contributed by atoms with Crippen LogP contribution in [0.2, 0.25) is 5.02 Å². The first-order valence-electron chi connectivity index (χ1n) is 9.13. The van der Waals surface area contributed by atoms with E-state index in [0.29, 0.717) is 29.8 Å². The van der Waals surface area contributed by atoms with Crippen LogP contribution in [-0.2, 0) is 4.79 Å². The third-order valence-electron chi connectivity index (χ3n) is 5.00. The van der Waals surface area contributed by atoms with Crippen molar-refractivity contribution in [2.75, 3.05) is 13.1 Å². The number of ether oxygens (including phenoxy) is 1. The molecule has 0 radical (unpaired) electrons. The second-order valence-electron chi connectivity index (χ2n) is 6.78. The standard InChI is InChI=1S/C20H21ClN4O2/c1-14(27-17-7-3-2-6-16(17)21)20(26)24-12-9-15(10-13-24)19-23-22-18-8-4-5-11-25(18)19/h2-8,11,14-15H,9-10,12-13H2,1H3. The van der Waals surface area contributed by atoms with Crippen molar-refractivity contribution >= 4 is 23.2 Å². The van der Waals surface area contributed by atoms with Gasteiger partial charge in [-0.15, -0.1) is 10.2 Å². The van der Waals surface area contributed by atoms with Gasteiger partial charge in [0.1, 0.15) is 11.6 Å². The van der Waals surface area contributed by atoms with Crippen LogP contribution >= 0.6 is 11.6 Å². The van der Waals surface area contributed by atoms with Gasteiger partial charge in [0.15, 0.2) is 11.8 Å². The summed E-state index contributed by atoms with van der Waals surface area (Å²) in [5.74, 6) is 1.79. The minimum Gasteiger partial charge on any atom is -0.479 e.